The molecule has 2 aromatic heterocycles. The van der Waals surface area contributed by atoms with Crippen LogP contribution in [0, 0.1) is 12.7 Å². The normalized spacial score (nSPS) is 11.0. The highest BCUT2D eigenvalue weighted by molar-refractivity contribution is 7.99. The van der Waals surface area contributed by atoms with Gasteiger partial charge in [0.1, 0.15) is 17.2 Å². The van der Waals surface area contributed by atoms with E-state index in [0.29, 0.717) is 26.7 Å². The SMILES string of the molecule is Cc1noc2ncnc(Sc3ccc(F)c(C(=O)O)c3)c12. The van der Waals surface area contributed by atoms with Gasteiger partial charge in [-0.15, -0.1) is 0 Å². The number of aryl methyl sites for hydroxylation is 1. The van der Waals surface area contributed by atoms with E-state index in [9.17, 15) is 9.18 Å². The molecule has 0 saturated carbocycles. The minimum atomic E-state index is -1.32. The van der Waals surface area contributed by atoms with Crippen molar-refractivity contribution in [2.45, 2.75) is 16.8 Å². The summed E-state index contributed by atoms with van der Waals surface area (Å²) in [7, 11) is 0. The van der Waals surface area contributed by atoms with E-state index in [1.807, 2.05) is 0 Å². The van der Waals surface area contributed by atoms with Crippen LogP contribution in [0.15, 0.2) is 39.0 Å². The number of benzene rings is 1. The lowest BCUT2D eigenvalue weighted by atomic mass is 10.2. The highest BCUT2D eigenvalue weighted by atomic mass is 32.2. The lowest BCUT2D eigenvalue weighted by molar-refractivity contribution is 0.0691. The number of aromatic carboxylic acids is 1. The Labute approximate surface area is 122 Å². The summed E-state index contributed by atoms with van der Waals surface area (Å²) in [5.74, 6) is -2.09. The van der Waals surface area contributed by atoms with E-state index in [2.05, 4.69) is 15.1 Å². The molecule has 0 radical (unpaired) electrons. The van der Waals surface area contributed by atoms with Crippen molar-refractivity contribution in [3.63, 3.8) is 0 Å². The fourth-order valence-electron chi connectivity index (χ4n) is 1.81. The molecule has 8 heteroatoms. The van der Waals surface area contributed by atoms with E-state index in [4.69, 9.17) is 9.63 Å². The molecule has 2 heterocycles. The van der Waals surface area contributed by atoms with Gasteiger partial charge in [0.15, 0.2) is 0 Å². The predicted octanol–water partition coefficient (Wildman–Crippen LogP) is 2.91. The van der Waals surface area contributed by atoms with Crippen molar-refractivity contribution < 1.29 is 18.8 Å². The van der Waals surface area contributed by atoms with Crippen molar-refractivity contribution in [2.75, 3.05) is 0 Å². The number of carbonyl (C=O) groups is 1. The first-order valence-electron chi connectivity index (χ1n) is 5.84. The molecule has 6 nitrogen and oxygen atoms in total. The quantitative estimate of drug-likeness (QED) is 0.744. The Kier molecular flexibility index (Phi) is 3.30. The second-order valence-electron chi connectivity index (χ2n) is 4.18. The fourth-order valence-corrected chi connectivity index (χ4v) is 2.78. The smallest absolute Gasteiger partial charge is 0.338 e. The van der Waals surface area contributed by atoms with Crippen molar-refractivity contribution in [1.29, 1.82) is 0 Å². The van der Waals surface area contributed by atoms with Crippen LogP contribution in [-0.4, -0.2) is 26.2 Å². The number of carboxylic acid groups (broad SMARTS) is 1. The first kappa shape index (κ1) is 13.5. The molecule has 0 bridgehead atoms. The number of nitrogens with zero attached hydrogens (tertiary/aromatic N) is 3. The summed E-state index contributed by atoms with van der Waals surface area (Å²) in [6, 6.07) is 3.87. The zero-order valence-corrected chi connectivity index (χ0v) is 11.5. The van der Waals surface area contributed by atoms with Crippen LogP contribution in [0.25, 0.3) is 11.1 Å². The molecule has 21 heavy (non-hydrogen) atoms. The molecule has 0 spiro atoms. The van der Waals surface area contributed by atoms with Crippen LogP contribution in [-0.2, 0) is 0 Å². The average Bonchev–Trinajstić information content (AvgIpc) is 2.83. The van der Waals surface area contributed by atoms with E-state index in [0.717, 1.165) is 6.07 Å². The second kappa shape index (κ2) is 5.13. The van der Waals surface area contributed by atoms with Crippen LogP contribution < -0.4 is 0 Å². The lowest BCUT2D eigenvalue weighted by Crippen LogP contribution is -2.00. The van der Waals surface area contributed by atoms with Crippen molar-refractivity contribution in [2.24, 2.45) is 0 Å². The van der Waals surface area contributed by atoms with Gasteiger partial charge >= 0.3 is 5.97 Å². The highest BCUT2D eigenvalue weighted by Crippen LogP contribution is 2.33. The molecule has 106 valence electrons. The minimum absolute atomic E-state index is 0.352. The van der Waals surface area contributed by atoms with E-state index in [-0.39, 0.29) is 5.56 Å². The van der Waals surface area contributed by atoms with Gasteiger partial charge in [-0.05, 0) is 25.1 Å². The zero-order chi connectivity index (χ0) is 15.0. The van der Waals surface area contributed by atoms with E-state index < -0.39 is 11.8 Å². The first-order valence-corrected chi connectivity index (χ1v) is 6.65. The van der Waals surface area contributed by atoms with E-state index in [1.165, 1.54) is 30.2 Å². The third-order valence-corrected chi connectivity index (χ3v) is 3.78. The van der Waals surface area contributed by atoms with Gasteiger partial charge in [0, 0.05) is 4.90 Å². The van der Waals surface area contributed by atoms with Gasteiger partial charge < -0.3 is 9.63 Å². The monoisotopic (exact) mass is 305 g/mol. The maximum Gasteiger partial charge on any atom is 0.338 e. The Morgan fingerprint density at radius 2 is 2.19 bits per heavy atom. The predicted molar refractivity (Wildman–Crippen MR) is 71.8 cm³/mol. The standard InChI is InChI=1S/C13H8FN3O3S/c1-6-10-11(20-17-6)15-5-16-12(10)21-7-2-3-9(14)8(4-7)13(18)19/h2-5H,1H3,(H,18,19). The maximum absolute atomic E-state index is 13.4. The van der Waals surface area contributed by atoms with E-state index >= 15 is 0 Å². The Morgan fingerprint density at radius 1 is 1.38 bits per heavy atom. The number of rotatable bonds is 3. The molecule has 0 fully saturated rings. The van der Waals surface area contributed by atoms with Crippen LogP contribution >= 0.6 is 11.8 Å². The van der Waals surface area contributed by atoms with Gasteiger partial charge in [0.2, 0.25) is 0 Å². The first-order chi connectivity index (χ1) is 10.1. The summed E-state index contributed by atoms with van der Waals surface area (Å²) in [6.07, 6.45) is 1.33. The van der Waals surface area contributed by atoms with Crippen molar-refractivity contribution in [3.8, 4) is 0 Å². The molecule has 0 unspecified atom stereocenters. The lowest BCUT2D eigenvalue weighted by Gasteiger charge is -2.04. The second-order valence-corrected chi connectivity index (χ2v) is 5.24. The number of carboxylic acids is 1. The van der Waals surface area contributed by atoms with Crippen LogP contribution in [0.3, 0.4) is 0 Å². The Hall–Kier alpha value is -2.48. The molecule has 3 rings (SSSR count). The van der Waals surface area contributed by atoms with Crippen LogP contribution in [0.1, 0.15) is 16.1 Å². The third kappa shape index (κ3) is 2.45. The Balaban J connectivity index is 2.05. The molecule has 0 saturated heterocycles. The van der Waals surface area contributed by atoms with Crippen LogP contribution in [0.4, 0.5) is 4.39 Å². The van der Waals surface area contributed by atoms with Crippen molar-refractivity contribution >= 4 is 28.8 Å². The molecule has 0 amide bonds. The summed E-state index contributed by atoms with van der Waals surface area (Å²) in [5, 5.41) is 14.0. The number of halogens is 1. The van der Waals surface area contributed by atoms with Crippen LogP contribution in [0.5, 0.6) is 0 Å². The van der Waals surface area contributed by atoms with E-state index in [1.54, 1.807) is 6.92 Å². The molecule has 0 aliphatic rings. The molecule has 1 aromatic carbocycles. The third-order valence-electron chi connectivity index (χ3n) is 2.79. The Bertz CT molecular complexity index is 850. The van der Waals surface area contributed by atoms with Crippen LogP contribution in [0.2, 0.25) is 0 Å². The molecule has 0 aliphatic carbocycles. The Morgan fingerprint density at radius 3 is 2.95 bits per heavy atom. The number of hydrogen-bond acceptors (Lipinski definition) is 6. The molecule has 3 aromatic rings. The number of aromatic nitrogens is 3. The number of fused-ring (bicyclic) bond motifs is 1. The molecular formula is C13H8FN3O3S. The van der Waals surface area contributed by atoms with Gasteiger partial charge in [0.25, 0.3) is 5.71 Å². The number of hydrogen-bond donors (Lipinski definition) is 1. The summed E-state index contributed by atoms with van der Waals surface area (Å²) >= 11 is 1.20. The van der Waals surface area contributed by atoms with Gasteiger partial charge in [-0.2, -0.15) is 4.98 Å². The summed E-state index contributed by atoms with van der Waals surface area (Å²) in [6.45, 7) is 1.76. The zero-order valence-electron chi connectivity index (χ0n) is 10.7. The van der Waals surface area contributed by atoms with Gasteiger partial charge in [0.05, 0.1) is 16.6 Å². The summed E-state index contributed by atoms with van der Waals surface area (Å²) in [5.41, 5.74) is 0.603. The minimum Gasteiger partial charge on any atom is -0.478 e. The maximum atomic E-state index is 13.4. The average molecular weight is 305 g/mol. The molecule has 1 N–H and O–H groups in total. The fraction of sp³-hybridized carbons (Fsp3) is 0.0769. The highest BCUT2D eigenvalue weighted by Gasteiger charge is 2.15. The van der Waals surface area contributed by atoms with Gasteiger partial charge in [-0.3, -0.25) is 0 Å². The largest absolute Gasteiger partial charge is 0.478 e. The summed E-state index contributed by atoms with van der Waals surface area (Å²) < 4.78 is 18.4. The molecular weight excluding hydrogens is 297 g/mol. The van der Waals surface area contributed by atoms with Crippen molar-refractivity contribution in [1.82, 2.24) is 15.1 Å². The van der Waals surface area contributed by atoms with Gasteiger partial charge in [-0.1, -0.05) is 16.9 Å². The molecule has 0 aliphatic heterocycles. The topological polar surface area (TPSA) is 89.1 Å². The molecule has 0 atom stereocenters. The van der Waals surface area contributed by atoms with Gasteiger partial charge in [-0.25, -0.2) is 14.2 Å². The summed E-state index contributed by atoms with van der Waals surface area (Å²) in [4.78, 5) is 19.6. The van der Waals surface area contributed by atoms with Crippen molar-refractivity contribution in [3.05, 3.63) is 41.6 Å².